The number of fused-ring (bicyclic) bond motifs is 1. The van der Waals surface area contributed by atoms with Gasteiger partial charge in [-0.1, -0.05) is 11.2 Å². The molecular weight excluding hydrogens is 290 g/mol. The largest absolute Gasteiger partial charge is 0.355 e. The van der Waals surface area contributed by atoms with Gasteiger partial charge in [0.2, 0.25) is 0 Å². The summed E-state index contributed by atoms with van der Waals surface area (Å²) in [6.45, 7) is 3.39. The Labute approximate surface area is 124 Å². The molecule has 1 heterocycles. The van der Waals surface area contributed by atoms with Crippen molar-refractivity contribution in [2.45, 2.75) is 13.8 Å². The molecule has 112 valence electrons. The zero-order valence-electron chi connectivity index (χ0n) is 11.9. The predicted octanol–water partition coefficient (Wildman–Crippen LogP) is 3.98. The second-order valence-electron chi connectivity index (χ2n) is 5.04. The van der Waals surface area contributed by atoms with E-state index in [9.17, 15) is 13.6 Å². The molecule has 2 aromatic carbocycles. The van der Waals surface area contributed by atoms with Crippen LogP contribution in [0.1, 0.15) is 21.6 Å². The fourth-order valence-electron chi connectivity index (χ4n) is 2.22. The molecule has 0 saturated carbocycles. The summed E-state index contributed by atoms with van der Waals surface area (Å²) in [5, 5.41) is 6.49. The first kappa shape index (κ1) is 14.2. The van der Waals surface area contributed by atoms with Gasteiger partial charge < -0.3 is 9.84 Å². The molecule has 0 atom stereocenters. The molecular formula is C16H12F2N2O2. The monoisotopic (exact) mass is 302 g/mol. The molecule has 4 nitrogen and oxygen atoms in total. The number of nitrogens with one attached hydrogen (secondary N) is 1. The van der Waals surface area contributed by atoms with E-state index in [4.69, 9.17) is 4.52 Å². The Morgan fingerprint density at radius 2 is 1.91 bits per heavy atom. The van der Waals surface area contributed by atoms with Crippen LogP contribution in [0.5, 0.6) is 0 Å². The van der Waals surface area contributed by atoms with Crippen LogP contribution in [0.3, 0.4) is 0 Å². The summed E-state index contributed by atoms with van der Waals surface area (Å²) in [5.41, 5.74) is 1.80. The Morgan fingerprint density at radius 3 is 2.68 bits per heavy atom. The van der Waals surface area contributed by atoms with Crippen molar-refractivity contribution in [1.29, 1.82) is 0 Å². The molecule has 6 heteroatoms. The van der Waals surface area contributed by atoms with Crippen LogP contribution in [0.2, 0.25) is 0 Å². The molecule has 1 aromatic heterocycles. The first-order chi connectivity index (χ1) is 10.5. The van der Waals surface area contributed by atoms with Gasteiger partial charge in [-0.15, -0.1) is 0 Å². The van der Waals surface area contributed by atoms with Crippen molar-refractivity contribution < 1.29 is 18.1 Å². The molecule has 22 heavy (non-hydrogen) atoms. The fraction of sp³-hybridized carbons (Fsp3) is 0.125. The molecule has 0 aliphatic heterocycles. The summed E-state index contributed by atoms with van der Waals surface area (Å²) < 4.78 is 31.9. The molecule has 0 unspecified atom stereocenters. The molecule has 3 aromatic rings. The Morgan fingerprint density at radius 1 is 1.14 bits per heavy atom. The van der Waals surface area contributed by atoms with Crippen LogP contribution >= 0.6 is 0 Å². The van der Waals surface area contributed by atoms with E-state index in [1.165, 1.54) is 24.3 Å². The third kappa shape index (κ3) is 2.43. The molecule has 0 saturated heterocycles. The maximum absolute atomic E-state index is 13.6. The lowest BCUT2D eigenvalue weighted by atomic mass is 10.1. The van der Waals surface area contributed by atoms with E-state index in [1.54, 1.807) is 19.9 Å². The number of hydrogen-bond donors (Lipinski definition) is 1. The molecule has 0 fully saturated rings. The second kappa shape index (κ2) is 5.22. The highest BCUT2D eigenvalue weighted by atomic mass is 19.1. The van der Waals surface area contributed by atoms with Gasteiger partial charge in [0.05, 0.1) is 5.39 Å². The first-order valence-electron chi connectivity index (χ1n) is 6.59. The number of anilines is 1. The van der Waals surface area contributed by atoms with Gasteiger partial charge in [-0.2, -0.15) is 0 Å². The van der Waals surface area contributed by atoms with E-state index in [-0.39, 0.29) is 11.1 Å². The molecule has 0 spiro atoms. The maximum atomic E-state index is 13.6. The van der Waals surface area contributed by atoms with Crippen molar-refractivity contribution >= 4 is 22.6 Å². The average Bonchev–Trinajstić information content (AvgIpc) is 2.87. The van der Waals surface area contributed by atoms with E-state index in [2.05, 4.69) is 10.5 Å². The molecule has 1 amide bonds. The molecule has 0 bridgehead atoms. The van der Waals surface area contributed by atoms with Crippen molar-refractivity contribution in [1.82, 2.24) is 5.16 Å². The lowest BCUT2D eigenvalue weighted by molar-refractivity contribution is 0.102. The SMILES string of the molecule is Cc1cc(C)c(NC(=O)c2noc3ccc(F)cc23)cc1F. The maximum Gasteiger partial charge on any atom is 0.278 e. The number of hydrogen-bond acceptors (Lipinski definition) is 3. The lowest BCUT2D eigenvalue weighted by Gasteiger charge is -2.08. The number of carbonyl (C=O) groups is 1. The van der Waals surface area contributed by atoms with E-state index in [0.717, 1.165) is 0 Å². The van der Waals surface area contributed by atoms with Gasteiger partial charge in [0.15, 0.2) is 11.3 Å². The molecule has 3 rings (SSSR count). The molecule has 0 radical (unpaired) electrons. The first-order valence-corrected chi connectivity index (χ1v) is 6.59. The third-order valence-electron chi connectivity index (χ3n) is 3.40. The second-order valence-corrected chi connectivity index (χ2v) is 5.04. The molecule has 0 aliphatic carbocycles. The van der Waals surface area contributed by atoms with Gasteiger partial charge >= 0.3 is 0 Å². The van der Waals surface area contributed by atoms with Crippen LogP contribution in [0.15, 0.2) is 34.9 Å². The van der Waals surface area contributed by atoms with Crippen LogP contribution in [0.4, 0.5) is 14.5 Å². The van der Waals surface area contributed by atoms with Gasteiger partial charge in [-0.05, 0) is 49.2 Å². The van der Waals surface area contributed by atoms with Gasteiger partial charge in [-0.3, -0.25) is 4.79 Å². The van der Waals surface area contributed by atoms with Crippen LogP contribution in [-0.2, 0) is 0 Å². The topological polar surface area (TPSA) is 55.1 Å². The summed E-state index contributed by atoms with van der Waals surface area (Å²) in [4.78, 5) is 12.3. The minimum atomic E-state index is -0.587. The normalized spacial score (nSPS) is 10.9. The van der Waals surface area contributed by atoms with Crippen LogP contribution in [0.25, 0.3) is 11.0 Å². The van der Waals surface area contributed by atoms with Crippen LogP contribution in [0, 0.1) is 25.5 Å². The van der Waals surface area contributed by atoms with Crippen molar-refractivity contribution in [2.24, 2.45) is 0 Å². The minimum absolute atomic E-state index is 0.0464. The van der Waals surface area contributed by atoms with Crippen molar-refractivity contribution in [2.75, 3.05) is 5.32 Å². The van der Waals surface area contributed by atoms with Crippen molar-refractivity contribution in [3.05, 3.63) is 58.8 Å². The quantitative estimate of drug-likeness (QED) is 0.779. The lowest BCUT2D eigenvalue weighted by Crippen LogP contribution is -2.14. The van der Waals surface area contributed by atoms with E-state index in [1.807, 2.05) is 0 Å². The van der Waals surface area contributed by atoms with Gasteiger partial charge in [0, 0.05) is 5.69 Å². The van der Waals surface area contributed by atoms with Gasteiger partial charge in [-0.25, -0.2) is 8.78 Å². The number of aromatic nitrogens is 1. The number of benzene rings is 2. The van der Waals surface area contributed by atoms with Gasteiger partial charge in [0.1, 0.15) is 11.6 Å². The number of aryl methyl sites for hydroxylation is 2. The summed E-state index contributed by atoms with van der Waals surface area (Å²) in [7, 11) is 0. The van der Waals surface area contributed by atoms with E-state index < -0.39 is 17.5 Å². The van der Waals surface area contributed by atoms with E-state index >= 15 is 0 Å². The Bertz CT molecular complexity index is 887. The summed E-state index contributed by atoms with van der Waals surface area (Å²) in [6.07, 6.45) is 0. The number of rotatable bonds is 2. The molecule has 1 N–H and O–H groups in total. The number of amides is 1. The summed E-state index contributed by atoms with van der Waals surface area (Å²) >= 11 is 0. The molecule has 0 aliphatic rings. The zero-order valence-corrected chi connectivity index (χ0v) is 11.9. The number of halogens is 2. The number of carbonyl (C=O) groups excluding carboxylic acids is 1. The number of nitrogens with zero attached hydrogens (tertiary/aromatic N) is 1. The smallest absolute Gasteiger partial charge is 0.278 e. The summed E-state index contributed by atoms with van der Waals surface area (Å²) in [6, 6.07) is 6.65. The third-order valence-corrected chi connectivity index (χ3v) is 3.40. The standard InChI is InChI=1S/C16H12F2N2O2/c1-8-5-9(2)13(7-12(8)18)19-16(21)15-11-6-10(17)3-4-14(11)22-20-15/h3-7H,1-2H3,(H,19,21). The predicted molar refractivity (Wildman–Crippen MR) is 77.8 cm³/mol. The van der Waals surface area contributed by atoms with Crippen LogP contribution < -0.4 is 5.32 Å². The van der Waals surface area contributed by atoms with Crippen molar-refractivity contribution in [3.8, 4) is 0 Å². The highest BCUT2D eigenvalue weighted by molar-refractivity contribution is 6.10. The minimum Gasteiger partial charge on any atom is -0.355 e. The Balaban J connectivity index is 1.97. The highest BCUT2D eigenvalue weighted by Crippen LogP contribution is 2.23. The van der Waals surface area contributed by atoms with Crippen LogP contribution in [-0.4, -0.2) is 11.1 Å². The Hall–Kier alpha value is -2.76. The zero-order chi connectivity index (χ0) is 15.9. The van der Waals surface area contributed by atoms with Gasteiger partial charge in [0.25, 0.3) is 5.91 Å². The average molecular weight is 302 g/mol. The summed E-state index contributed by atoms with van der Waals surface area (Å²) in [5.74, 6) is -1.50. The Kier molecular flexibility index (Phi) is 3.36. The van der Waals surface area contributed by atoms with E-state index in [0.29, 0.717) is 22.4 Å². The highest BCUT2D eigenvalue weighted by Gasteiger charge is 2.18. The fourth-order valence-corrected chi connectivity index (χ4v) is 2.22. The van der Waals surface area contributed by atoms with Crippen molar-refractivity contribution in [3.63, 3.8) is 0 Å².